The highest BCUT2D eigenvalue weighted by molar-refractivity contribution is 6.31. The van der Waals surface area contributed by atoms with Gasteiger partial charge in [0.15, 0.2) is 0 Å². The van der Waals surface area contributed by atoms with E-state index in [1.165, 1.54) is 5.69 Å². The zero-order valence-electron chi connectivity index (χ0n) is 17.7. The van der Waals surface area contributed by atoms with Crippen molar-refractivity contribution in [2.75, 3.05) is 43.5 Å². The fourth-order valence-electron chi connectivity index (χ4n) is 4.94. The summed E-state index contributed by atoms with van der Waals surface area (Å²) in [5, 5.41) is 4.05. The zero-order valence-corrected chi connectivity index (χ0v) is 18.4. The Morgan fingerprint density at radius 3 is 2.74 bits per heavy atom. The van der Waals surface area contributed by atoms with Gasteiger partial charge in [-0.15, -0.1) is 0 Å². The maximum atomic E-state index is 12.5. The molecule has 2 aromatic carbocycles. The summed E-state index contributed by atoms with van der Waals surface area (Å²) < 4.78 is 7.53. The summed E-state index contributed by atoms with van der Waals surface area (Å²) in [6.07, 6.45) is 2.91. The normalized spacial score (nSPS) is 19.7. The number of nitrogens with one attached hydrogen (secondary N) is 2. The van der Waals surface area contributed by atoms with Crippen molar-refractivity contribution in [2.24, 2.45) is 0 Å². The predicted molar refractivity (Wildman–Crippen MR) is 125 cm³/mol. The Labute approximate surface area is 186 Å². The monoisotopic (exact) mass is 441 g/mol. The van der Waals surface area contributed by atoms with Gasteiger partial charge < -0.3 is 24.8 Å². The number of hydrogen-bond donors (Lipinski definition) is 2. The molecule has 0 radical (unpaired) electrons. The quantitative estimate of drug-likeness (QED) is 0.607. The maximum Gasteiger partial charge on any atom is 0.326 e. The summed E-state index contributed by atoms with van der Waals surface area (Å²) in [6, 6.07) is 14.2. The van der Waals surface area contributed by atoms with E-state index in [9.17, 15) is 4.79 Å². The summed E-state index contributed by atoms with van der Waals surface area (Å²) >= 11 is 6.07. The zero-order chi connectivity index (χ0) is 21.4. The molecular weight excluding hydrogens is 414 g/mol. The molecule has 8 heteroatoms. The van der Waals surface area contributed by atoms with Gasteiger partial charge >= 0.3 is 5.69 Å². The van der Waals surface area contributed by atoms with Gasteiger partial charge in [0.25, 0.3) is 0 Å². The van der Waals surface area contributed by atoms with Crippen LogP contribution in [0.3, 0.4) is 0 Å². The molecule has 5 rings (SSSR count). The molecule has 2 N–H and O–H groups in total. The molecule has 1 aromatic heterocycles. The first-order valence-corrected chi connectivity index (χ1v) is 11.3. The lowest BCUT2D eigenvalue weighted by atomic mass is 10.0. The van der Waals surface area contributed by atoms with Crippen LogP contribution in [0.1, 0.15) is 25.3 Å². The number of likely N-dealkylation sites (tertiary alicyclic amines) is 1. The minimum Gasteiger partial charge on any atom is -0.344 e. The van der Waals surface area contributed by atoms with Gasteiger partial charge in [-0.2, -0.15) is 0 Å². The van der Waals surface area contributed by atoms with Crippen LogP contribution >= 0.6 is 11.6 Å². The number of para-hydroxylation sites is 2. The van der Waals surface area contributed by atoms with E-state index in [1.54, 1.807) is 7.11 Å². The Hall–Kier alpha value is -2.48. The number of aromatic amines is 1. The third kappa shape index (κ3) is 3.93. The van der Waals surface area contributed by atoms with E-state index in [1.807, 2.05) is 28.8 Å². The number of hydrogen-bond acceptors (Lipinski definition) is 5. The molecule has 3 heterocycles. The smallest absolute Gasteiger partial charge is 0.326 e. The van der Waals surface area contributed by atoms with Gasteiger partial charge in [0.1, 0.15) is 0 Å². The topological polar surface area (TPSA) is 65.5 Å². The Balaban J connectivity index is 1.17. The molecule has 2 aliphatic rings. The lowest BCUT2D eigenvalue weighted by Crippen LogP contribution is -2.41. The summed E-state index contributed by atoms with van der Waals surface area (Å²) in [5.41, 5.74) is 4.04. The van der Waals surface area contributed by atoms with Crippen LogP contribution in [0.2, 0.25) is 5.02 Å². The van der Waals surface area contributed by atoms with Crippen molar-refractivity contribution in [3.8, 4) is 0 Å². The Morgan fingerprint density at radius 1 is 1.13 bits per heavy atom. The summed E-state index contributed by atoms with van der Waals surface area (Å²) in [7, 11) is 1.74. The van der Waals surface area contributed by atoms with Gasteiger partial charge in [-0.25, -0.2) is 4.79 Å². The third-order valence-electron chi connectivity index (χ3n) is 6.47. The Kier molecular flexibility index (Phi) is 5.65. The van der Waals surface area contributed by atoms with Crippen LogP contribution in [-0.2, 0) is 4.74 Å². The predicted octanol–water partition coefficient (Wildman–Crippen LogP) is 3.87. The second-order valence-electron chi connectivity index (χ2n) is 8.33. The van der Waals surface area contributed by atoms with Gasteiger partial charge in [0.2, 0.25) is 6.35 Å². The fraction of sp³-hybridized carbons (Fsp3) is 0.435. The molecular formula is C23H28ClN5O2. The molecule has 1 saturated heterocycles. The van der Waals surface area contributed by atoms with E-state index in [4.69, 9.17) is 16.3 Å². The summed E-state index contributed by atoms with van der Waals surface area (Å²) in [4.78, 5) is 20.3. The van der Waals surface area contributed by atoms with Gasteiger partial charge in [0.05, 0.1) is 22.4 Å². The average molecular weight is 442 g/mol. The van der Waals surface area contributed by atoms with E-state index < -0.39 is 0 Å². The number of nitrogens with zero attached hydrogens (tertiary/aromatic N) is 3. The number of benzene rings is 2. The SMILES string of the molecule is COC1Nc2ccccc2N1CCCN1CCC(n2c(=O)[nH]c3cc(Cl)ccc32)CC1. The number of piperidine rings is 1. The van der Waals surface area contributed by atoms with E-state index in [-0.39, 0.29) is 18.1 Å². The molecule has 3 aromatic rings. The second kappa shape index (κ2) is 8.57. The van der Waals surface area contributed by atoms with Crippen molar-refractivity contribution in [3.63, 3.8) is 0 Å². The van der Waals surface area contributed by atoms with Gasteiger partial charge in [0, 0.05) is 37.8 Å². The minimum absolute atomic E-state index is 0.0403. The molecule has 0 saturated carbocycles. The molecule has 0 bridgehead atoms. The molecule has 1 atom stereocenters. The van der Waals surface area contributed by atoms with E-state index >= 15 is 0 Å². The Bertz CT molecular complexity index is 1120. The van der Waals surface area contributed by atoms with Crippen LogP contribution in [0, 0.1) is 0 Å². The summed E-state index contributed by atoms with van der Waals surface area (Å²) in [6.45, 7) is 3.98. The van der Waals surface area contributed by atoms with E-state index in [2.05, 4.69) is 38.3 Å². The van der Waals surface area contributed by atoms with Crippen molar-refractivity contribution in [1.29, 1.82) is 0 Å². The highest BCUT2D eigenvalue weighted by Crippen LogP contribution is 2.34. The summed E-state index contributed by atoms with van der Waals surface area (Å²) in [5.74, 6) is 0. The molecule has 7 nitrogen and oxygen atoms in total. The van der Waals surface area contributed by atoms with Crippen LogP contribution in [0.5, 0.6) is 0 Å². The molecule has 164 valence electrons. The number of fused-ring (bicyclic) bond motifs is 2. The van der Waals surface area contributed by atoms with Crippen LogP contribution in [0.15, 0.2) is 47.3 Å². The maximum absolute atomic E-state index is 12.5. The molecule has 31 heavy (non-hydrogen) atoms. The molecule has 2 aliphatic heterocycles. The van der Waals surface area contributed by atoms with Crippen molar-refractivity contribution < 1.29 is 4.74 Å². The van der Waals surface area contributed by atoms with Gasteiger partial charge in [-0.3, -0.25) is 4.57 Å². The number of rotatable bonds is 6. The Morgan fingerprint density at radius 2 is 1.94 bits per heavy atom. The van der Waals surface area contributed by atoms with Crippen LogP contribution in [0.25, 0.3) is 11.0 Å². The molecule has 1 unspecified atom stereocenters. The first-order chi connectivity index (χ1) is 15.1. The van der Waals surface area contributed by atoms with Crippen molar-refractivity contribution >= 4 is 34.0 Å². The molecule has 0 spiro atoms. The number of imidazole rings is 1. The van der Waals surface area contributed by atoms with Crippen molar-refractivity contribution in [3.05, 3.63) is 58.0 Å². The average Bonchev–Trinajstić information content (AvgIpc) is 3.30. The lowest BCUT2D eigenvalue weighted by Gasteiger charge is -2.33. The first-order valence-electron chi connectivity index (χ1n) is 10.9. The second-order valence-corrected chi connectivity index (χ2v) is 8.77. The van der Waals surface area contributed by atoms with Crippen LogP contribution < -0.4 is 15.9 Å². The van der Waals surface area contributed by atoms with E-state index in [0.717, 1.165) is 62.2 Å². The standard InChI is InChI=1S/C23H28ClN5O2/c1-31-23-26-18-5-2-3-6-20(18)28(23)12-4-11-27-13-9-17(10-14-27)29-21-8-7-16(24)15-19(21)25-22(29)30/h2-3,5-8,15,17,23,26H,4,9-14H2,1H3,(H,25,30). The molecule has 0 aliphatic carbocycles. The van der Waals surface area contributed by atoms with Gasteiger partial charge in [-0.05, 0) is 56.1 Å². The minimum atomic E-state index is -0.106. The molecule has 0 amide bonds. The fourth-order valence-corrected chi connectivity index (χ4v) is 5.11. The largest absolute Gasteiger partial charge is 0.344 e. The van der Waals surface area contributed by atoms with Crippen molar-refractivity contribution in [2.45, 2.75) is 31.7 Å². The van der Waals surface area contributed by atoms with Crippen molar-refractivity contribution in [1.82, 2.24) is 14.5 Å². The van der Waals surface area contributed by atoms with E-state index in [0.29, 0.717) is 5.02 Å². The lowest BCUT2D eigenvalue weighted by molar-refractivity contribution is 0.124. The number of halogens is 1. The number of anilines is 2. The van der Waals surface area contributed by atoms with Gasteiger partial charge in [-0.1, -0.05) is 23.7 Å². The number of ether oxygens (including phenoxy) is 1. The first kappa shape index (κ1) is 20.4. The highest BCUT2D eigenvalue weighted by atomic mass is 35.5. The van der Waals surface area contributed by atoms with Crippen LogP contribution in [0.4, 0.5) is 11.4 Å². The molecule has 1 fully saturated rings. The number of aromatic nitrogens is 2. The highest BCUT2D eigenvalue weighted by Gasteiger charge is 2.28. The number of methoxy groups -OCH3 is 1. The van der Waals surface area contributed by atoms with Crippen LogP contribution in [-0.4, -0.2) is 54.1 Å². The third-order valence-corrected chi connectivity index (χ3v) is 6.71. The number of H-pyrrole nitrogens is 1.